The summed E-state index contributed by atoms with van der Waals surface area (Å²) in [4.78, 5) is 21.7. The van der Waals surface area contributed by atoms with Crippen molar-refractivity contribution in [2.75, 3.05) is 0 Å². The lowest BCUT2D eigenvalue weighted by Crippen LogP contribution is -2.10. The summed E-state index contributed by atoms with van der Waals surface area (Å²) in [6.45, 7) is 1.96. The fourth-order valence-electron chi connectivity index (χ4n) is 1.37. The zero-order valence-corrected chi connectivity index (χ0v) is 7.54. The quantitative estimate of drug-likeness (QED) is 0.719. The molecular formula is C10H12O3. The van der Waals surface area contributed by atoms with Crippen LogP contribution in [0.2, 0.25) is 0 Å². The molecule has 3 heteroatoms. The Kier molecular flexibility index (Phi) is 3.01. The Hall–Kier alpha value is -1.38. The van der Waals surface area contributed by atoms with Crippen LogP contribution in [0.4, 0.5) is 0 Å². The molecular weight excluding hydrogens is 168 g/mol. The summed E-state index contributed by atoms with van der Waals surface area (Å²) in [5, 5.41) is 8.80. The Morgan fingerprint density at radius 1 is 1.62 bits per heavy atom. The first-order chi connectivity index (χ1) is 6.15. The number of rotatable bonds is 3. The molecule has 70 valence electrons. The van der Waals surface area contributed by atoms with E-state index in [0.717, 1.165) is 6.42 Å². The number of hydrogen-bond donors (Lipinski definition) is 1. The molecule has 1 aliphatic rings. The van der Waals surface area contributed by atoms with Crippen molar-refractivity contribution >= 4 is 11.8 Å². The van der Waals surface area contributed by atoms with Crippen molar-refractivity contribution in [2.45, 2.75) is 26.2 Å². The smallest absolute Gasteiger partial charge is 0.335 e. The molecule has 0 aromatic rings. The summed E-state index contributed by atoms with van der Waals surface area (Å²) in [6, 6.07) is 0. The van der Waals surface area contributed by atoms with Gasteiger partial charge in [0.05, 0.1) is 5.57 Å². The minimum absolute atomic E-state index is 0.00606. The molecule has 0 atom stereocenters. The van der Waals surface area contributed by atoms with Gasteiger partial charge in [-0.2, -0.15) is 0 Å². The summed E-state index contributed by atoms with van der Waals surface area (Å²) >= 11 is 0. The highest BCUT2D eigenvalue weighted by Crippen LogP contribution is 2.21. The lowest BCUT2D eigenvalue weighted by Gasteiger charge is -2.10. The third-order valence-electron chi connectivity index (χ3n) is 1.94. The Morgan fingerprint density at radius 2 is 2.31 bits per heavy atom. The van der Waals surface area contributed by atoms with E-state index in [0.29, 0.717) is 17.6 Å². The lowest BCUT2D eigenvalue weighted by atomic mass is 9.94. The van der Waals surface area contributed by atoms with Gasteiger partial charge in [-0.1, -0.05) is 19.4 Å². The number of carbonyl (C=O) groups excluding carboxylic acids is 1. The van der Waals surface area contributed by atoms with Crippen LogP contribution in [-0.2, 0) is 9.59 Å². The lowest BCUT2D eigenvalue weighted by molar-refractivity contribution is -0.132. The monoisotopic (exact) mass is 180 g/mol. The highest BCUT2D eigenvalue weighted by molar-refractivity contribution is 6.01. The van der Waals surface area contributed by atoms with Gasteiger partial charge in [0.2, 0.25) is 0 Å². The number of hydrogen-bond acceptors (Lipinski definition) is 2. The standard InChI is InChI=1S/C10H12O3/c1-2-3-7-6-8(11)4-5-9(7)10(12)13/h5-6H,2-4H2,1H3,(H,12,13). The number of carbonyl (C=O) groups is 2. The number of aliphatic carboxylic acids is 1. The van der Waals surface area contributed by atoms with Gasteiger partial charge in [-0.15, -0.1) is 0 Å². The van der Waals surface area contributed by atoms with Gasteiger partial charge < -0.3 is 5.11 Å². The SMILES string of the molecule is CCCC1=CC(=O)CC=C1C(=O)O. The zero-order chi connectivity index (χ0) is 9.84. The Bertz CT molecular complexity index is 297. The first-order valence-electron chi connectivity index (χ1n) is 4.32. The normalized spacial score (nSPS) is 16.5. The van der Waals surface area contributed by atoms with Gasteiger partial charge >= 0.3 is 5.97 Å². The van der Waals surface area contributed by atoms with Crippen molar-refractivity contribution in [2.24, 2.45) is 0 Å². The predicted molar refractivity (Wildman–Crippen MR) is 48.3 cm³/mol. The molecule has 0 aliphatic heterocycles. The maximum atomic E-state index is 11.0. The van der Waals surface area contributed by atoms with Crippen LogP contribution in [0.15, 0.2) is 23.3 Å². The number of carboxylic acids is 1. The maximum Gasteiger partial charge on any atom is 0.335 e. The van der Waals surface area contributed by atoms with E-state index in [9.17, 15) is 9.59 Å². The highest BCUT2D eigenvalue weighted by atomic mass is 16.4. The fraction of sp³-hybridized carbons (Fsp3) is 0.400. The zero-order valence-electron chi connectivity index (χ0n) is 7.54. The van der Waals surface area contributed by atoms with Crippen molar-refractivity contribution in [1.29, 1.82) is 0 Å². The number of ketones is 1. The average molecular weight is 180 g/mol. The van der Waals surface area contributed by atoms with Crippen molar-refractivity contribution in [3.63, 3.8) is 0 Å². The van der Waals surface area contributed by atoms with Crippen molar-refractivity contribution in [3.8, 4) is 0 Å². The van der Waals surface area contributed by atoms with Gasteiger partial charge in [0, 0.05) is 6.42 Å². The first-order valence-corrected chi connectivity index (χ1v) is 4.32. The summed E-state index contributed by atoms with van der Waals surface area (Å²) in [5.74, 6) is -0.944. The number of allylic oxidation sites excluding steroid dienone is 2. The van der Waals surface area contributed by atoms with Crippen LogP contribution in [0.5, 0.6) is 0 Å². The van der Waals surface area contributed by atoms with Gasteiger partial charge in [-0.25, -0.2) is 4.79 Å². The molecule has 0 spiro atoms. The van der Waals surface area contributed by atoms with Gasteiger partial charge in [0.25, 0.3) is 0 Å². The van der Waals surface area contributed by atoms with Crippen LogP contribution in [0, 0.1) is 0 Å². The minimum atomic E-state index is -0.938. The largest absolute Gasteiger partial charge is 0.478 e. The van der Waals surface area contributed by atoms with E-state index in [1.807, 2.05) is 6.92 Å². The average Bonchev–Trinajstić information content (AvgIpc) is 2.04. The van der Waals surface area contributed by atoms with Gasteiger partial charge in [-0.3, -0.25) is 4.79 Å². The minimum Gasteiger partial charge on any atom is -0.478 e. The van der Waals surface area contributed by atoms with E-state index in [4.69, 9.17) is 5.11 Å². The summed E-state index contributed by atoms with van der Waals surface area (Å²) in [5.41, 5.74) is 0.952. The van der Waals surface area contributed by atoms with Crippen molar-refractivity contribution < 1.29 is 14.7 Å². The van der Waals surface area contributed by atoms with E-state index in [2.05, 4.69) is 0 Å². The molecule has 0 aromatic heterocycles. The molecule has 3 nitrogen and oxygen atoms in total. The summed E-state index contributed by atoms with van der Waals surface area (Å²) in [7, 11) is 0. The molecule has 0 amide bonds. The van der Waals surface area contributed by atoms with Gasteiger partial charge in [0.1, 0.15) is 0 Å². The van der Waals surface area contributed by atoms with Crippen LogP contribution >= 0.6 is 0 Å². The van der Waals surface area contributed by atoms with Gasteiger partial charge in [0.15, 0.2) is 5.78 Å². The van der Waals surface area contributed by atoms with Crippen LogP contribution in [-0.4, -0.2) is 16.9 Å². The maximum absolute atomic E-state index is 11.0. The Morgan fingerprint density at radius 3 is 2.85 bits per heavy atom. The van der Waals surface area contributed by atoms with Crippen LogP contribution < -0.4 is 0 Å². The molecule has 0 saturated carbocycles. The molecule has 0 radical (unpaired) electrons. The summed E-state index contributed by atoms with van der Waals surface area (Å²) in [6.07, 6.45) is 4.67. The third-order valence-corrected chi connectivity index (χ3v) is 1.94. The molecule has 0 unspecified atom stereocenters. The van der Waals surface area contributed by atoms with E-state index in [1.54, 1.807) is 0 Å². The molecule has 0 fully saturated rings. The highest BCUT2D eigenvalue weighted by Gasteiger charge is 2.17. The van der Waals surface area contributed by atoms with Crippen molar-refractivity contribution in [3.05, 3.63) is 23.3 Å². The molecule has 13 heavy (non-hydrogen) atoms. The van der Waals surface area contributed by atoms with E-state index >= 15 is 0 Å². The topological polar surface area (TPSA) is 54.4 Å². The van der Waals surface area contributed by atoms with Crippen LogP contribution in [0.3, 0.4) is 0 Å². The Labute approximate surface area is 76.8 Å². The fourth-order valence-corrected chi connectivity index (χ4v) is 1.37. The molecule has 1 rings (SSSR count). The van der Waals surface area contributed by atoms with E-state index in [-0.39, 0.29) is 12.2 Å². The van der Waals surface area contributed by atoms with Crippen molar-refractivity contribution in [1.82, 2.24) is 0 Å². The van der Waals surface area contributed by atoms with Gasteiger partial charge in [-0.05, 0) is 18.1 Å². The second kappa shape index (κ2) is 4.03. The van der Waals surface area contributed by atoms with E-state index < -0.39 is 5.97 Å². The molecule has 0 saturated heterocycles. The number of carboxylic acid groups (broad SMARTS) is 1. The van der Waals surface area contributed by atoms with Crippen LogP contribution in [0.25, 0.3) is 0 Å². The molecule has 0 heterocycles. The third kappa shape index (κ3) is 2.28. The predicted octanol–water partition coefficient (Wildman–Crippen LogP) is 1.70. The second-order valence-electron chi connectivity index (χ2n) is 3.01. The first kappa shape index (κ1) is 9.71. The molecule has 0 bridgehead atoms. The molecule has 1 aliphatic carbocycles. The van der Waals surface area contributed by atoms with E-state index in [1.165, 1.54) is 12.2 Å². The molecule has 1 N–H and O–H groups in total. The Balaban J connectivity index is 2.89. The summed E-state index contributed by atoms with van der Waals surface area (Å²) < 4.78 is 0. The molecule has 0 aromatic carbocycles. The second-order valence-corrected chi connectivity index (χ2v) is 3.01. The van der Waals surface area contributed by atoms with Crippen LogP contribution in [0.1, 0.15) is 26.2 Å².